The second-order valence-corrected chi connectivity index (χ2v) is 4.21. The van der Waals surface area contributed by atoms with Crippen LogP contribution in [0.2, 0.25) is 0 Å². The standard InChI is InChI=1S/C12H12F2N2O3/c1-19-15-11(17)8-5-16(6-8)12(18)7-2-3-9(13)10(14)4-7/h2-4,8H,5-6H2,1H3,(H,15,17). The van der Waals surface area contributed by atoms with E-state index in [9.17, 15) is 18.4 Å². The Hall–Kier alpha value is -2.02. The van der Waals surface area contributed by atoms with Crippen LogP contribution in [-0.2, 0) is 9.63 Å². The molecule has 2 amide bonds. The summed E-state index contributed by atoms with van der Waals surface area (Å²) in [7, 11) is 1.32. The number of amides is 2. The number of likely N-dealkylation sites (tertiary alicyclic amines) is 1. The predicted octanol–water partition coefficient (Wildman–Crippen LogP) is 0.714. The lowest BCUT2D eigenvalue weighted by Gasteiger charge is -2.37. The van der Waals surface area contributed by atoms with Gasteiger partial charge in [0.1, 0.15) is 0 Å². The second kappa shape index (κ2) is 5.31. The van der Waals surface area contributed by atoms with E-state index in [4.69, 9.17) is 0 Å². The molecule has 2 rings (SSSR count). The number of hydroxylamine groups is 1. The Morgan fingerprint density at radius 3 is 2.58 bits per heavy atom. The first-order valence-corrected chi connectivity index (χ1v) is 5.60. The molecule has 1 aliphatic rings. The predicted molar refractivity (Wildman–Crippen MR) is 60.9 cm³/mol. The summed E-state index contributed by atoms with van der Waals surface area (Å²) in [4.78, 5) is 29.1. The lowest BCUT2D eigenvalue weighted by atomic mass is 9.98. The third kappa shape index (κ3) is 2.70. The van der Waals surface area contributed by atoms with Crippen LogP contribution in [0, 0.1) is 17.6 Å². The van der Waals surface area contributed by atoms with Crippen molar-refractivity contribution in [1.82, 2.24) is 10.4 Å². The summed E-state index contributed by atoms with van der Waals surface area (Å²) in [6, 6.07) is 2.96. The number of hydrogen-bond acceptors (Lipinski definition) is 3. The fourth-order valence-electron chi connectivity index (χ4n) is 1.81. The Morgan fingerprint density at radius 1 is 1.32 bits per heavy atom. The highest BCUT2D eigenvalue weighted by Gasteiger charge is 2.36. The highest BCUT2D eigenvalue weighted by Crippen LogP contribution is 2.19. The van der Waals surface area contributed by atoms with Crippen molar-refractivity contribution in [2.75, 3.05) is 20.2 Å². The van der Waals surface area contributed by atoms with Crippen molar-refractivity contribution >= 4 is 11.8 Å². The molecule has 5 nitrogen and oxygen atoms in total. The molecular formula is C12H12F2N2O3. The van der Waals surface area contributed by atoms with E-state index in [0.29, 0.717) is 0 Å². The molecule has 1 heterocycles. The van der Waals surface area contributed by atoms with Crippen molar-refractivity contribution in [2.24, 2.45) is 5.92 Å². The van der Waals surface area contributed by atoms with Crippen molar-refractivity contribution in [3.8, 4) is 0 Å². The lowest BCUT2D eigenvalue weighted by Crippen LogP contribution is -2.55. The van der Waals surface area contributed by atoms with Crippen LogP contribution >= 0.6 is 0 Å². The molecule has 7 heteroatoms. The van der Waals surface area contributed by atoms with Gasteiger partial charge in [-0.15, -0.1) is 0 Å². The topological polar surface area (TPSA) is 58.6 Å². The molecule has 1 aromatic carbocycles. The van der Waals surface area contributed by atoms with Crippen molar-refractivity contribution in [3.05, 3.63) is 35.4 Å². The molecule has 0 saturated carbocycles. The lowest BCUT2D eigenvalue weighted by molar-refractivity contribution is -0.139. The summed E-state index contributed by atoms with van der Waals surface area (Å²) >= 11 is 0. The molecule has 1 aromatic rings. The Balaban J connectivity index is 1.96. The highest BCUT2D eigenvalue weighted by molar-refractivity contribution is 5.96. The van der Waals surface area contributed by atoms with Crippen LogP contribution in [0.3, 0.4) is 0 Å². The van der Waals surface area contributed by atoms with E-state index >= 15 is 0 Å². The largest absolute Gasteiger partial charge is 0.337 e. The molecular weight excluding hydrogens is 258 g/mol. The molecule has 0 aromatic heterocycles. The minimum absolute atomic E-state index is 0.0597. The van der Waals surface area contributed by atoms with Crippen molar-refractivity contribution in [1.29, 1.82) is 0 Å². The zero-order chi connectivity index (χ0) is 14.0. The average molecular weight is 270 g/mol. The number of carbonyl (C=O) groups excluding carboxylic acids is 2. The van der Waals surface area contributed by atoms with E-state index in [1.807, 2.05) is 0 Å². The maximum absolute atomic E-state index is 13.0. The fraction of sp³-hybridized carbons (Fsp3) is 0.333. The van der Waals surface area contributed by atoms with Gasteiger partial charge in [0, 0.05) is 18.7 Å². The van der Waals surface area contributed by atoms with Gasteiger partial charge in [-0.3, -0.25) is 14.4 Å². The van der Waals surface area contributed by atoms with E-state index in [1.165, 1.54) is 18.1 Å². The number of benzene rings is 1. The molecule has 0 atom stereocenters. The van der Waals surface area contributed by atoms with Gasteiger partial charge >= 0.3 is 0 Å². The van der Waals surface area contributed by atoms with Crippen LogP contribution < -0.4 is 5.48 Å². The van der Waals surface area contributed by atoms with Gasteiger partial charge in [-0.1, -0.05) is 0 Å². The maximum Gasteiger partial charge on any atom is 0.254 e. The second-order valence-electron chi connectivity index (χ2n) is 4.21. The quantitative estimate of drug-likeness (QED) is 0.823. The maximum atomic E-state index is 13.0. The first-order chi connectivity index (χ1) is 9.02. The van der Waals surface area contributed by atoms with Gasteiger partial charge in [0.15, 0.2) is 11.6 Å². The zero-order valence-corrected chi connectivity index (χ0v) is 10.2. The third-order valence-corrected chi connectivity index (χ3v) is 2.91. The van der Waals surface area contributed by atoms with Gasteiger partial charge in [-0.2, -0.15) is 0 Å². The van der Waals surface area contributed by atoms with Crippen molar-refractivity contribution in [2.45, 2.75) is 0 Å². The molecule has 0 spiro atoms. The van der Waals surface area contributed by atoms with Crippen molar-refractivity contribution < 1.29 is 23.2 Å². The van der Waals surface area contributed by atoms with E-state index in [-0.39, 0.29) is 30.5 Å². The number of nitrogens with zero attached hydrogens (tertiary/aromatic N) is 1. The summed E-state index contributed by atoms with van der Waals surface area (Å²) in [6.07, 6.45) is 0. The molecule has 1 aliphatic heterocycles. The molecule has 102 valence electrons. The summed E-state index contributed by atoms with van der Waals surface area (Å²) in [5.74, 6) is -3.15. The van der Waals surface area contributed by atoms with Crippen LogP contribution in [0.15, 0.2) is 18.2 Å². The van der Waals surface area contributed by atoms with E-state index in [0.717, 1.165) is 12.1 Å². The minimum Gasteiger partial charge on any atom is -0.337 e. The molecule has 1 N–H and O–H groups in total. The molecule has 0 radical (unpaired) electrons. The number of carbonyl (C=O) groups is 2. The summed E-state index contributed by atoms with van der Waals surface area (Å²) in [6.45, 7) is 0.458. The number of nitrogens with one attached hydrogen (secondary N) is 1. The molecule has 1 fully saturated rings. The summed E-state index contributed by atoms with van der Waals surface area (Å²) < 4.78 is 25.7. The fourth-order valence-corrected chi connectivity index (χ4v) is 1.81. The smallest absolute Gasteiger partial charge is 0.254 e. The Morgan fingerprint density at radius 2 is 2.00 bits per heavy atom. The monoisotopic (exact) mass is 270 g/mol. The summed E-state index contributed by atoms with van der Waals surface area (Å²) in [5, 5.41) is 0. The third-order valence-electron chi connectivity index (χ3n) is 2.91. The number of halogens is 2. The van der Waals surface area contributed by atoms with Crippen LogP contribution in [0.5, 0.6) is 0 Å². The van der Waals surface area contributed by atoms with E-state index in [1.54, 1.807) is 0 Å². The first kappa shape index (κ1) is 13.4. The van der Waals surface area contributed by atoms with Crippen LogP contribution in [0.4, 0.5) is 8.78 Å². The minimum atomic E-state index is -1.07. The van der Waals surface area contributed by atoms with Gasteiger partial charge < -0.3 is 4.90 Å². The Labute approximate surface area is 108 Å². The van der Waals surface area contributed by atoms with Crippen LogP contribution in [-0.4, -0.2) is 36.9 Å². The number of rotatable bonds is 3. The van der Waals surface area contributed by atoms with Gasteiger partial charge in [0.2, 0.25) is 5.91 Å². The highest BCUT2D eigenvalue weighted by atomic mass is 19.2. The summed E-state index contributed by atoms with van der Waals surface area (Å²) in [5.41, 5.74) is 2.24. The van der Waals surface area contributed by atoms with E-state index in [2.05, 4.69) is 10.3 Å². The molecule has 0 aliphatic carbocycles. The Bertz CT molecular complexity index is 516. The molecule has 1 saturated heterocycles. The number of hydrogen-bond donors (Lipinski definition) is 1. The first-order valence-electron chi connectivity index (χ1n) is 5.60. The molecule has 19 heavy (non-hydrogen) atoms. The molecule has 0 unspecified atom stereocenters. The van der Waals surface area contributed by atoms with Gasteiger partial charge in [0.25, 0.3) is 5.91 Å². The van der Waals surface area contributed by atoms with Gasteiger partial charge in [0.05, 0.1) is 13.0 Å². The van der Waals surface area contributed by atoms with Gasteiger partial charge in [-0.05, 0) is 18.2 Å². The SMILES string of the molecule is CONC(=O)C1CN(C(=O)c2ccc(F)c(F)c2)C1. The molecule has 0 bridgehead atoms. The average Bonchev–Trinajstić information content (AvgIpc) is 2.31. The van der Waals surface area contributed by atoms with Crippen LogP contribution in [0.1, 0.15) is 10.4 Å². The Kier molecular flexibility index (Phi) is 3.75. The van der Waals surface area contributed by atoms with Gasteiger partial charge in [-0.25, -0.2) is 14.3 Å². The zero-order valence-electron chi connectivity index (χ0n) is 10.2. The van der Waals surface area contributed by atoms with Crippen molar-refractivity contribution in [3.63, 3.8) is 0 Å². The normalized spacial score (nSPS) is 15.0. The van der Waals surface area contributed by atoms with E-state index < -0.39 is 17.5 Å². The van der Waals surface area contributed by atoms with Crippen LogP contribution in [0.25, 0.3) is 0 Å².